The Morgan fingerprint density at radius 1 is 1.10 bits per heavy atom. The Morgan fingerprint density at radius 3 is 2.83 bits per heavy atom. The molecule has 0 saturated carbocycles. The smallest absolute Gasteiger partial charge is 0.439 e. The fraction of sp³-hybridized carbons (Fsp3) is 0.150. The lowest BCUT2D eigenvalue weighted by Crippen LogP contribution is -2.25. The van der Waals surface area contributed by atoms with Crippen LogP contribution in [-0.4, -0.2) is 21.0 Å². The summed E-state index contributed by atoms with van der Waals surface area (Å²) in [6, 6.07) is 14.7. The molecule has 8 nitrogen and oxygen atoms in total. The van der Waals surface area contributed by atoms with Gasteiger partial charge in [0.15, 0.2) is 17.1 Å². The van der Waals surface area contributed by atoms with Crippen molar-refractivity contribution in [1.82, 2.24) is 14.3 Å². The lowest BCUT2D eigenvalue weighted by atomic mass is 10.2. The largest absolute Gasteiger partial charge is 0.490 e. The molecule has 9 heteroatoms. The topological polar surface area (TPSA) is 92.4 Å². The van der Waals surface area contributed by atoms with Gasteiger partial charge < -0.3 is 13.6 Å². The van der Waals surface area contributed by atoms with Gasteiger partial charge in [0.1, 0.15) is 6.67 Å². The van der Waals surface area contributed by atoms with Crippen molar-refractivity contribution in [2.45, 2.75) is 13.6 Å². The molecule has 0 bridgehead atoms. The summed E-state index contributed by atoms with van der Waals surface area (Å²) < 4.78 is 20.1. The first-order valence-electron chi connectivity index (χ1n) is 8.96. The molecule has 5 aromatic rings. The van der Waals surface area contributed by atoms with Crippen LogP contribution in [0.25, 0.3) is 32.8 Å². The van der Waals surface area contributed by atoms with Gasteiger partial charge in [-0.25, -0.2) is 4.79 Å². The number of rotatable bonds is 5. The number of fused-ring (bicyclic) bond motifs is 2. The van der Waals surface area contributed by atoms with E-state index in [1.807, 2.05) is 49.4 Å². The highest BCUT2D eigenvalue weighted by Gasteiger charge is 2.18. The number of furan rings is 1. The molecule has 0 aliphatic heterocycles. The van der Waals surface area contributed by atoms with Crippen LogP contribution in [0.2, 0.25) is 0 Å². The van der Waals surface area contributed by atoms with Gasteiger partial charge in [-0.3, -0.25) is 9.36 Å². The fourth-order valence-corrected chi connectivity index (χ4v) is 4.07. The summed E-state index contributed by atoms with van der Waals surface area (Å²) in [5, 5.41) is 5.03. The molecule has 0 amide bonds. The molecule has 0 unspecified atom stereocenters. The Hall–Kier alpha value is -3.59. The SMILES string of the molecule is CCOc1cccc2cc(-c3nn(Cn4c(=O)sc5ccccc54)c(=O)o3)oc12. The van der Waals surface area contributed by atoms with Gasteiger partial charge in [0.25, 0.3) is 5.89 Å². The predicted octanol–water partition coefficient (Wildman–Crippen LogP) is 3.53. The summed E-state index contributed by atoms with van der Waals surface area (Å²) in [5.74, 6) is 0.286. The van der Waals surface area contributed by atoms with E-state index in [0.717, 1.165) is 31.6 Å². The molecule has 0 spiro atoms. The van der Waals surface area contributed by atoms with Crippen molar-refractivity contribution < 1.29 is 13.6 Å². The molecule has 3 heterocycles. The molecule has 29 heavy (non-hydrogen) atoms. The van der Waals surface area contributed by atoms with Crippen LogP contribution in [0.4, 0.5) is 0 Å². The van der Waals surface area contributed by atoms with E-state index in [0.29, 0.717) is 23.7 Å². The van der Waals surface area contributed by atoms with Crippen LogP contribution in [-0.2, 0) is 6.67 Å². The Kier molecular flexibility index (Phi) is 4.09. The molecular formula is C20H15N3O5S. The number of thiazole rings is 1. The zero-order valence-corrected chi connectivity index (χ0v) is 16.1. The van der Waals surface area contributed by atoms with E-state index in [4.69, 9.17) is 13.6 Å². The van der Waals surface area contributed by atoms with Crippen LogP contribution in [0.1, 0.15) is 6.92 Å². The van der Waals surface area contributed by atoms with Crippen LogP contribution in [0.15, 0.2) is 67.0 Å². The third-order valence-electron chi connectivity index (χ3n) is 4.47. The van der Waals surface area contributed by atoms with Crippen molar-refractivity contribution in [3.05, 3.63) is 68.7 Å². The quantitative estimate of drug-likeness (QED) is 0.441. The Bertz CT molecular complexity index is 1450. The summed E-state index contributed by atoms with van der Waals surface area (Å²) in [6.07, 6.45) is 0. The Morgan fingerprint density at radius 2 is 1.97 bits per heavy atom. The molecule has 5 rings (SSSR count). The number of benzene rings is 2. The molecule has 0 atom stereocenters. The third-order valence-corrected chi connectivity index (χ3v) is 5.43. The second-order valence-electron chi connectivity index (χ2n) is 6.30. The van der Waals surface area contributed by atoms with Gasteiger partial charge >= 0.3 is 10.6 Å². The average Bonchev–Trinajstić information content (AvgIpc) is 3.39. The summed E-state index contributed by atoms with van der Waals surface area (Å²) >= 11 is 1.12. The van der Waals surface area contributed by atoms with E-state index in [1.54, 1.807) is 6.07 Å². The van der Waals surface area contributed by atoms with Crippen molar-refractivity contribution in [3.63, 3.8) is 0 Å². The van der Waals surface area contributed by atoms with Crippen molar-refractivity contribution >= 4 is 32.5 Å². The maximum absolute atomic E-state index is 12.3. The van der Waals surface area contributed by atoms with Gasteiger partial charge in [-0.1, -0.05) is 35.6 Å². The number of hydrogen-bond donors (Lipinski definition) is 0. The Balaban J connectivity index is 1.55. The molecule has 0 aliphatic rings. The van der Waals surface area contributed by atoms with Crippen molar-refractivity contribution in [2.75, 3.05) is 6.61 Å². The van der Waals surface area contributed by atoms with Crippen LogP contribution >= 0.6 is 11.3 Å². The van der Waals surface area contributed by atoms with E-state index >= 15 is 0 Å². The molecule has 3 aromatic heterocycles. The molecule has 0 saturated heterocycles. The number of aromatic nitrogens is 3. The lowest BCUT2D eigenvalue weighted by Gasteiger charge is -2.02. The van der Waals surface area contributed by atoms with Crippen LogP contribution in [0, 0.1) is 0 Å². The third kappa shape index (κ3) is 2.95. The van der Waals surface area contributed by atoms with Crippen LogP contribution in [0.3, 0.4) is 0 Å². The lowest BCUT2D eigenvalue weighted by molar-refractivity contribution is 0.338. The molecule has 0 radical (unpaired) electrons. The highest BCUT2D eigenvalue weighted by Crippen LogP contribution is 2.32. The minimum Gasteiger partial charge on any atom is -0.490 e. The maximum Gasteiger partial charge on any atom is 0.439 e. The van der Waals surface area contributed by atoms with E-state index in [-0.39, 0.29) is 17.4 Å². The molecule has 0 fully saturated rings. The first-order valence-corrected chi connectivity index (χ1v) is 9.77. The summed E-state index contributed by atoms with van der Waals surface area (Å²) in [5.41, 5.74) is 1.30. The van der Waals surface area contributed by atoms with Crippen molar-refractivity contribution in [1.29, 1.82) is 0 Å². The fourth-order valence-electron chi connectivity index (χ4n) is 3.19. The monoisotopic (exact) mass is 409 g/mol. The van der Waals surface area contributed by atoms with E-state index < -0.39 is 5.76 Å². The molecule has 2 aromatic carbocycles. The zero-order valence-electron chi connectivity index (χ0n) is 15.3. The normalized spacial score (nSPS) is 11.5. The average molecular weight is 409 g/mol. The highest BCUT2D eigenvalue weighted by molar-refractivity contribution is 7.16. The first-order chi connectivity index (χ1) is 14.1. The predicted molar refractivity (Wildman–Crippen MR) is 109 cm³/mol. The minimum absolute atomic E-state index is 0.0428. The van der Waals surface area contributed by atoms with Crippen LogP contribution < -0.4 is 15.4 Å². The van der Waals surface area contributed by atoms with Gasteiger partial charge in [0.2, 0.25) is 0 Å². The molecular weight excluding hydrogens is 394 g/mol. The zero-order chi connectivity index (χ0) is 20.0. The van der Waals surface area contributed by atoms with Gasteiger partial charge in [-0.05, 0) is 31.2 Å². The van der Waals surface area contributed by atoms with E-state index in [9.17, 15) is 9.59 Å². The van der Waals surface area contributed by atoms with E-state index in [2.05, 4.69) is 5.10 Å². The molecule has 0 aliphatic carbocycles. The maximum atomic E-state index is 12.3. The summed E-state index contributed by atoms with van der Waals surface area (Å²) in [6.45, 7) is 2.34. The van der Waals surface area contributed by atoms with Crippen molar-refractivity contribution in [2.24, 2.45) is 0 Å². The Labute approximate surface area is 167 Å². The van der Waals surface area contributed by atoms with E-state index in [1.165, 1.54) is 4.57 Å². The number of nitrogens with zero attached hydrogens (tertiary/aromatic N) is 3. The minimum atomic E-state index is -0.673. The van der Waals surface area contributed by atoms with Gasteiger partial charge in [0, 0.05) is 5.39 Å². The highest BCUT2D eigenvalue weighted by atomic mass is 32.1. The number of hydrogen-bond acceptors (Lipinski definition) is 7. The standard InChI is InChI=1S/C20H15N3O5S/c1-2-26-14-8-5-6-12-10-15(27-17(12)14)18-21-23(19(24)28-18)11-22-13-7-3-4-9-16(13)29-20(22)25/h3-10H,2,11H2,1H3. The first kappa shape index (κ1) is 17.5. The number of ether oxygens (including phenoxy) is 1. The van der Waals surface area contributed by atoms with Gasteiger partial charge in [-0.15, -0.1) is 5.10 Å². The van der Waals surface area contributed by atoms with Gasteiger partial charge in [-0.2, -0.15) is 4.68 Å². The van der Waals surface area contributed by atoms with Crippen LogP contribution in [0.5, 0.6) is 5.75 Å². The molecule has 0 N–H and O–H groups in total. The summed E-state index contributed by atoms with van der Waals surface area (Å²) in [7, 11) is 0. The van der Waals surface area contributed by atoms with Crippen molar-refractivity contribution in [3.8, 4) is 17.4 Å². The summed E-state index contributed by atoms with van der Waals surface area (Å²) in [4.78, 5) is 24.5. The second kappa shape index (κ2) is 6.78. The van der Waals surface area contributed by atoms with Gasteiger partial charge in [0.05, 0.1) is 16.8 Å². The second-order valence-corrected chi connectivity index (χ2v) is 7.29. The number of para-hydroxylation sites is 2. The molecule has 146 valence electrons.